The number of carbonyl (C=O) groups is 2. The van der Waals surface area contributed by atoms with Gasteiger partial charge in [-0.3, -0.25) is 0 Å². The average Bonchev–Trinajstić information content (AvgIpc) is 2.29. The summed E-state index contributed by atoms with van der Waals surface area (Å²) < 4.78 is 10.5. The van der Waals surface area contributed by atoms with Crippen LogP contribution in [0.1, 0.15) is 41.5 Å². The molecule has 0 atom stereocenters. The molecule has 0 bridgehead atoms. The van der Waals surface area contributed by atoms with E-state index in [1.54, 1.807) is 0 Å². The number of carboxylic acids is 2. The van der Waals surface area contributed by atoms with E-state index < -0.39 is 31.9 Å². The normalized spacial score (nSPS) is 8.95. The molecule has 0 aliphatic rings. The summed E-state index contributed by atoms with van der Waals surface area (Å²) >= 11 is -0.574. The Bertz CT molecular complexity index is 280. The molecular weight excluding hydrogens is 312 g/mol. The van der Waals surface area contributed by atoms with Crippen LogP contribution in [0.3, 0.4) is 0 Å². The van der Waals surface area contributed by atoms with Crippen molar-refractivity contribution in [3.63, 3.8) is 0 Å². The molecule has 0 aliphatic heterocycles. The molecule has 0 saturated carbocycles. The van der Waals surface area contributed by atoms with E-state index in [0.717, 1.165) is 0 Å². The van der Waals surface area contributed by atoms with E-state index in [1.807, 2.05) is 27.7 Å². The van der Waals surface area contributed by atoms with Crippen LogP contribution in [0.5, 0.6) is 0 Å². The van der Waals surface area contributed by atoms with Crippen LogP contribution in [-0.4, -0.2) is 34.4 Å². The summed E-state index contributed by atoms with van der Waals surface area (Å²) in [5.74, 6) is -1.87. The number of aliphatic carboxylic acids is 2. The van der Waals surface area contributed by atoms with Gasteiger partial charge in [0.1, 0.15) is 0 Å². The fourth-order valence-corrected chi connectivity index (χ4v) is 0.908. The molecule has 0 spiro atoms. The van der Waals surface area contributed by atoms with Gasteiger partial charge in [-0.2, -0.15) is 0 Å². The number of rotatable bonds is 6. The second kappa shape index (κ2) is 15.4. The molecule has 0 rings (SSSR count). The number of hydrogen-bond donors (Lipinski definition) is 2. The first-order valence-electron chi connectivity index (χ1n) is 6.25. The van der Waals surface area contributed by atoms with Crippen molar-refractivity contribution in [3.8, 4) is 0 Å². The van der Waals surface area contributed by atoms with Gasteiger partial charge in [-0.05, 0) is 13.8 Å². The zero-order chi connectivity index (χ0) is 17.6. The summed E-state index contributed by atoms with van der Waals surface area (Å²) in [6, 6.07) is 0. The molecule has 0 amide bonds. The molecule has 0 fully saturated rings. The summed E-state index contributed by atoms with van der Waals surface area (Å²) in [6.45, 7) is 17.3. The second-order valence-electron chi connectivity index (χ2n) is 4.59. The first-order valence-corrected chi connectivity index (χ1v) is 7.53. The number of carboxylic acid groups (broad SMARTS) is 2. The Hall–Kier alpha value is -0.946. The summed E-state index contributed by atoms with van der Waals surface area (Å²) in [7, 11) is 0. The Balaban J connectivity index is -0.000000240. The van der Waals surface area contributed by atoms with Gasteiger partial charge in [0.2, 0.25) is 0 Å². The molecule has 0 aromatic carbocycles. The van der Waals surface area contributed by atoms with Crippen LogP contribution in [0.15, 0.2) is 24.3 Å². The van der Waals surface area contributed by atoms with Gasteiger partial charge in [-0.25, -0.2) is 9.59 Å². The number of hydrogen-bond acceptors (Lipinski definition) is 4. The Morgan fingerprint density at radius 1 is 0.857 bits per heavy atom. The fraction of sp³-hybridized carbons (Fsp3) is 0.571. The van der Waals surface area contributed by atoms with Crippen LogP contribution in [0, 0.1) is 0 Å². The van der Waals surface area contributed by atoms with Crippen LogP contribution in [-0.2, 0) is 36.2 Å². The Kier molecular flexibility index (Phi) is 18.4. The van der Waals surface area contributed by atoms with Crippen molar-refractivity contribution >= 4 is 11.9 Å². The second-order valence-corrected chi connectivity index (χ2v) is 5.58. The van der Waals surface area contributed by atoms with Gasteiger partial charge in [0.15, 0.2) is 0 Å². The van der Waals surface area contributed by atoms with E-state index in [4.69, 9.17) is 16.8 Å². The van der Waals surface area contributed by atoms with Crippen molar-refractivity contribution in [2.45, 2.75) is 53.8 Å². The fourth-order valence-electron chi connectivity index (χ4n) is 0.220. The molecule has 0 radical (unpaired) electrons. The van der Waals surface area contributed by atoms with Crippen LogP contribution >= 0.6 is 0 Å². The van der Waals surface area contributed by atoms with Gasteiger partial charge < -0.3 is 10.2 Å². The standard InChI is InChI=1S/2C4H6O2.2C3H7O.Ti/c2*1-3(2)4(5)6;2*1-3(2)4;/h2*1H2,2H3,(H,5,6);2*3H,1-2H3;/q;;2*-1;+2. The summed E-state index contributed by atoms with van der Waals surface area (Å²) in [6.07, 6.45) is 0.646. The third-order valence-electron chi connectivity index (χ3n) is 1.30. The van der Waals surface area contributed by atoms with Crippen molar-refractivity contribution in [1.82, 2.24) is 0 Å². The van der Waals surface area contributed by atoms with Crippen LogP contribution in [0.2, 0.25) is 0 Å². The summed E-state index contributed by atoms with van der Waals surface area (Å²) in [5, 5.41) is 15.8. The van der Waals surface area contributed by atoms with Crippen molar-refractivity contribution in [1.29, 1.82) is 0 Å². The minimum atomic E-state index is -0.935. The van der Waals surface area contributed by atoms with Crippen molar-refractivity contribution in [2.24, 2.45) is 0 Å². The molecule has 2 N–H and O–H groups in total. The van der Waals surface area contributed by atoms with Gasteiger partial charge in [0, 0.05) is 11.1 Å². The molecule has 0 unspecified atom stereocenters. The maximum atomic E-state index is 9.60. The quantitative estimate of drug-likeness (QED) is 0.571. The Morgan fingerprint density at radius 2 is 1.05 bits per heavy atom. The van der Waals surface area contributed by atoms with Gasteiger partial charge in [-0.1, -0.05) is 13.2 Å². The van der Waals surface area contributed by atoms with E-state index in [9.17, 15) is 9.59 Å². The van der Waals surface area contributed by atoms with Gasteiger partial charge in [0.25, 0.3) is 0 Å². The Labute approximate surface area is 136 Å². The third-order valence-corrected chi connectivity index (χ3v) is 3.07. The maximum absolute atomic E-state index is 9.60. The van der Waals surface area contributed by atoms with Crippen molar-refractivity contribution < 1.29 is 46.4 Å². The first-order chi connectivity index (χ1) is 9.41. The van der Waals surface area contributed by atoms with Gasteiger partial charge >= 0.3 is 78.4 Å². The van der Waals surface area contributed by atoms with Crippen molar-refractivity contribution in [3.05, 3.63) is 24.3 Å². The van der Waals surface area contributed by atoms with E-state index in [1.165, 1.54) is 13.8 Å². The topological polar surface area (TPSA) is 93.1 Å². The Morgan fingerprint density at radius 3 is 1.14 bits per heavy atom. The molecule has 6 nitrogen and oxygen atoms in total. The van der Waals surface area contributed by atoms with Gasteiger partial charge in [-0.15, -0.1) is 0 Å². The molecule has 21 heavy (non-hydrogen) atoms. The van der Waals surface area contributed by atoms with Crippen LogP contribution in [0.25, 0.3) is 0 Å². The zero-order valence-electron chi connectivity index (χ0n) is 13.6. The zero-order valence-corrected chi connectivity index (χ0v) is 15.2. The average molecular weight is 338 g/mol. The molecule has 0 aliphatic carbocycles. The molecular formula is C14H26O6Ti. The molecule has 0 saturated heterocycles. The van der Waals surface area contributed by atoms with Crippen LogP contribution in [0.4, 0.5) is 0 Å². The molecule has 0 aromatic rings. The molecule has 122 valence electrons. The predicted molar refractivity (Wildman–Crippen MR) is 77.3 cm³/mol. The first kappa shape index (κ1) is 25.0. The van der Waals surface area contributed by atoms with Gasteiger partial charge in [0.05, 0.1) is 0 Å². The summed E-state index contributed by atoms with van der Waals surface area (Å²) in [4.78, 5) is 19.2. The van der Waals surface area contributed by atoms with E-state index in [-0.39, 0.29) is 11.1 Å². The van der Waals surface area contributed by atoms with E-state index >= 15 is 0 Å². The monoisotopic (exact) mass is 338 g/mol. The minimum absolute atomic E-state index is 0.176. The molecule has 0 aromatic heterocycles. The molecule has 7 heteroatoms. The SMILES string of the molecule is C=C(C)C(=O)O.C=C(C)C(=O)O.CC(C)[O][Ti][O]C(C)C. The van der Waals surface area contributed by atoms with Crippen molar-refractivity contribution in [2.75, 3.05) is 0 Å². The third kappa shape index (κ3) is 32.5. The summed E-state index contributed by atoms with van der Waals surface area (Å²) in [5.41, 5.74) is 0.352. The predicted octanol–water partition coefficient (Wildman–Crippen LogP) is 3.04. The van der Waals surface area contributed by atoms with E-state index in [2.05, 4.69) is 13.2 Å². The molecule has 0 heterocycles. The van der Waals surface area contributed by atoms with E-state index in [0.29, 0.717) is 12.2 Å². The van der Waals surface area contributed by atoms with Crippen LogP contribution < -0.4 is 0 Å².